The van der Waals surface area contributed by atoms with E-state index in [1.807, 2.05) is 6.07 Å². The molecule has 1 unspecified atom stereocenters. The van der Waals surface area contributed by atoms with Crippen LogP contribution in [0.15, 0.2) is 16.9 Å². The second-order valence-corrected chi connectivity index (χ2v) is 3.06. The highest BCUT2D eigenvalue weighted by Crippen LogP contribution is 2.28. The van der Waals surface area contributed by atoms with Crippen molar-refractivity contribution in [1.82, 2.24) is 10.1 Å². The minimum Gasteiger partial charge on any atom is -0.364 e. The summed E-state index contributed by atoms with van der Waals surface area (Å²) in [5.74, 6) is 0. The van der Waals surface area contributed by atoms with Gasteiger partial charge in [-0.15, -0.1) is 0 Å². The van der Waals surface area contributed by atoms with Gasteiger partial charge in [0, 0.05) is 6.07 Å². The van der Waals surface area contributed by atoms with Crippen molar-refractivity contribution < 1.29 is 4.52 Å². The molecule has 0 saturated carbocycles. The normalized spacial score (nSPS) is 26.1. The molecule has 0 radical (unpaired) electrons. The Bertz CT molecular complexity index is 220. The van der Waals surface area contributed by atoms with Crippen LogP contribution in [0.25, 0.3) is 0 Å². The number of likely N-dealkylation sites (tertiary alicyclic amines) is 1. The van der Waals surface area contributed by atoms with Gasteiger partial charge in [-0.3, -0.25) is 4.90 Å². The number of hydrogen-bond donors (Lipinski definition) is 0. The van der Waals surface area contributed by atoms with E-state index < -0.39 is 0 Å². The maximum Gasteiger partial charge on any atom is 0.124 e. The van der Waals surface area contributed by atoms with Gasteiger partial charge in [0.05, 0.1) is 6.04 Å². The first kappa shape index (κ1) is 6.85. The Balaban J connectivity index is 2.16. The van der Waals surface area contributed by atoms with Crippen LogP contribution in [-0.2, 0) is 0 Å². The fourth-order valence-corrected chi connectivity index (χ4v) is 1.68. The first-order valence-corrected chi connectivity index (χ1v) is 3.98. The Morgan fingerprint density at radius 2 is 2.64 bits per heavy atom. The van der Waals surface area contributed by atoms with Crippen molar-refractivity contribution >= 4 is 0 Å². The van der Waals surface area contributed by atoms with Gasteiger partial charge in [0.25, 0.3) is 0 Å². The summed E-state index contributed by atoms with van der Waals surface area (Å²) in [7, 11) is 2.13. The van der Waals surface area contributed by atoms with Crippen LogP contribution in [0.3, 0.4) is 0 Å². The van der Waals surface area contributed by atoms with Crippen LogP contribution in [0.2, 0.25) is 0 Å². The predicted octanol–water partition coefficient (Wildman–Crippen LogP) is 1.44. The number of aromatic nitrogens is 1. The van der Waals surface area contributed by atoms with Crippen molar-refractivity contribution in [2.24, 2.45) is 0 Å². The average molecular weight is 152 g/mol. The molecule has 0 N–H and O–H groups in total. The smallest absolute Gasteiger partial charge is 0.124 e. The lowest BCUT2D eigenvalue weighted by Crippen LogP contribution is -2.17. The quantitative estimate of drug-likeness (QED) is 0.609. The van der Waals surface area contributed by atoms with Crippen LogP contribution in [0.4, 0.5) is 0 Å². The molecule has 0 amide bonds. The van der Waals surface area contributed by atoms with Crippen molar-refractivity contribution in [3.8, 4) is 0 Å². The Kier molecular flexibility index (Phi) is 1.66. The largest absolute Gasteiger partial charge is 0.364 e. The lowest BCUT2D eigenvalue weighted by molar-refractivity contribution is 0.297. The van der Waals surface area contributed by atoms with Crippen LogP contribution in [0.1, 0.15) is 24.6 Å². The zero-order chi connectivity index (χ0) is 7.68. The molecule has 1 aromatic rings. The first-order chi connectivity index (χ1) is 5.38. The summed E-state index contributed by atoms with van der Waals surface area (Å²) in [6.45, 7) is 1.18. The van der Waals surface area contributed by atoms with E-state index in [1.165, 1.54) is 19.4 Å². The second kappa shape index (κ2) is 2.66. The Morgan fingerprint density at radius 3 is 3.18 bits per heavy atom. The number of hydrogen-bond acceptors (Lipinski definition) is 3. The monoisotopic (exact) mass is 152 g/mol. The van der Waals surface area contributed by atoms with Gasteiger partial charge in [0.1, 0.15) is 12.0 Å². The van der Waals surface area contributed by atoms with Crippen LogP contribution in [0, 0.1) is 0 Å². The van der Waals surface area contributed by atoms with Crippen LogP contribution >= 0.6 is 0 Å². The molecule has 3 nitrogen and oxygen atoms in total. The highest BCUT2D eigenvalue weighted by atomic mass is 16.5. The van der Waals surface area contributed by atoms with E-state index >= 15 is 0 Å². The van der Waals surface area contributed by atoms with Crippen molar-refractivity contribution in [1.29, 1.82) is 0 Å². The molecule has 1 aliphatic heterocycles. The minimum atomic E-state index is 0.494. The molecule has 1 saturated heterocycles. The van der Waals surface area contributed by atoms with E-state index in [4.69, 9.17) is 4.52 Å². The van der Waals surface area contributed by atoms with Crippen molar-refractivity contribution in [2.75, 3.05) is 13.6 Å². The molecule has 0 bridgehead atoms. The third-order valence-electron chi connectivity index (χ3n) is 2.32. The predicted molar refractivity (Wildman–Crippen MR) is 41.1 cm³/mol. The molecular weight excluding hydrogens is 140 g/mol. The number of nitrogens with zero attached hydrogens (tertiary/aromatic N) is 2. The van der Waals surface area contributed by atoms with Gasteiger partial charge < -0.3 is 4.52 Å². The fourth-order valence-electron chi connectivity index (χ4n) is 1.68. The van der Waals surface area contributed by atoms with E-state index in [-0.39, 0.29) is 0 Å². The van der Waals surface area contributed by atoms with Gasteiger partial charge in [-0.1, -0.05) is 5.16 Å². The molecule has 60 valence electrons. The molecule has 0 aliphatic carbocycles. The van der Waals surface area contributed by atoms with E-state index in [0.717, 1.165) is 5.69 Å². The highest BCUT2D eigenvalue weighted by molar-refractivity contribution is 5.04. The standard InChI is InChI=1S/C8H12N2O/c1-10-5-2-3-8(10)7-4-6-11-9-7/h4,6,8H,2-3,5H2,1H3. The Hall–Kier alpha value is -0.830. The fraction of sp³-hybridized carbons (Fsp3) is 0.625. The molecule has 2 rings (SSSR count). The molecule has 1 atom stereocenters. The molecule has 1 aromatic heterocycles. The van der Waals surface area contributed by atoms with E-state index in [0.29, 0.717) is 6.04 Å². The highest BCUT2D eigenvalue weighted by Gasteiger charge is 2.24. The SMILES string of the molecule is CN1CCCC1c1ccon1. The zero-order valence-corrected chi connectivity index (χ0v) is 6.66. The van der Waals surface area contributed by atoms with Gasteiger partial charge in [-0.05, 0) is 26.4 Å². The third-order valence-corrected chi connectivity index (χ3v) is 2.32. The summed E-state index contributed by atoms with van der Waals surface area (Å²) in [5, 5.41) is 3.93. The van der Waals surface area contributed by atoms with Crippen molar-refractivity contribution in [3.63, 3.8) is 0 Å². The topological polar surface area (TPSA) is 29.3 Å². The van der Waals surface area contributed by atoms with Gasteiger partial charge in [-0.2, -0.15) is 0 Å². The van der Waals surface area contributed by atoms with Crippen molar-refractivity contribution in [3.05, 3.63) is 18.0 Å². The molecule has 0 aromatic carbocycles. The minimum absolute atomic E-state index is 0.494. The summed E-state index contributed by atoms with van der Waals surface area (Å²) in [5.41, 5.74) is 1.07. The molecule has 1 fully saturated rings. The maximum absolute atomic E-state index is 4.80. The summed E-state index contributed by atoms with van der Waals surface area (Å²) in [6.07, 6.45) is 4.12. The molecule has 3 heteroatoms. The van der Waals surface area contributed by atoms with Gasteiger partial charge >= 0.3 is 0 Å². The molecule has 1 aliphatic rings. The van der Waals surface area contributed by atoms with E-state index in [2.05, 4.69) is 17.1 Å². The summed E-state index contributed by atoms with van der Waals surface area (Å²) >= 11 is 0. The van der Waals surface area contributed by atoms with Crippen LogP contribution in [-0.4, -0.2) is 23.6 Å². The zero-order valence-electron chi connectivity index (χ0n) is 6.66. The summed E-state index contributed by atoms with van der Waals surface area (Å²) < 4.78 is 4.80. The Morgan fingerprint density at radius 1 is 1.73 bits per heavy atom. The third kappa shape index (κ3) is 1.16. The molecule has 0 spiro atoms. The van der Waals surface area contributed by atoms with E-state index in [9.17, 15) is 0 Å². The summed E-state index contributed by atoms with van der Waals surface area (Å²) in [6, 6.07) is 2.45. The van der Waals surface area contributed by atoms with Gasteiger partial charge in [-0.25, -0.2) is 0 Å². The van der Waals surface area contributed by atoms with Crippen molar-refractivity contribution in [2.45, 2.75) is 18.9 Å². The summed E-state index contributed by atoms with van der Waals surface area (Å²) in [4.78, 5) is 2.32. The van der Waals surface area contributed by atoms with Gasteiger partial charge in [0.2, 0.25) is 0 Å². The Labute approximate surface area is 66.0 Å². The lowest BCUT2D eigenvalue weighted by Gasteiger charge is -2.15. The van der Waals surface area contributed by atoms with Gasteiger partial charge in [0.15, 0.2) is 0 Å². The second-order valence-electron chi connectivity index (χ2n) is 3.06. The molecule has 2 heterocycles. The molecule has 11 heavy (non-hydrogen) atoms. The maximum atomic E-state index is 4.80. The first-order valence-electron chi connectivity index (χ1n) is 3.98. The lowest BCUT2D eigenvalue weighted by atomic mass is 10.1. The van der Waals surface area contributed by atoms with Crippen LogP contribution < -0.4 is 0 Å². The number of rotatable bonds is 1. The average Bonchev–Trinajstić information content (AvgIpc) is 2.55. The van der Waals surface area contributed by atoms with E-state index in [1.54, 1.807) is 6.26 Å². The molecular formula is C8H12N2O. The van der Waals surface area contributed by atoms with Crippen LogP contribution in [0.5, 0.6) is 0 Å².